The number of nitrogens with one attached hydrogen (secondary N) is 1. The second-order valence-electron chi connectivity index (χ2n) is 7.30. The van der Waals surface area contributed by atoms with E-state index in [1.165, 1.54) is 10.6 Å². The van der Waals surface area contributed by atoms with E-state index < -0.39 is 21.5 Å². The zero-order chi connectivity index (χ0) is 19.2. The van der Waals surface area contributed by atoms with Crippen LogP contribution in [0.1, 0.15) is 23.5 Å². The highest BCUT2D eigenvalue weighted by Crippen LogP contribution is 2.48. The average molecular weight is 390 g/mol. The number of sulfonamides is 1. The standard InChI is InChI=1S/C19H22N2O5S/c1-13-7-8-14(26-13)10-20-18(22)17-9-19(12-25-17)11-21(27(2,23)24)16-6-4-3-5-15(16)19/h3-8,17H,9-12H2,1-2H3,(H,20,22)/t17-,19+/m1/s1. The van der Waals surface area contributed by atoms with Crippen LogP contribution < -0.4 is 9.62 Å². The Morgan fingerprint density at radius 1 is 1.30 bits per heavy atom. The summed E-state index contributed by atoms with van der Waals surface area (Å²) in [5, 5.41) is 2.84. The molecule has 0 radical (unpaired) electrons. The van der Waals surface area contributed by atoms with Crippen molar-refractivity contribution in [2.24, 2.45) is 0 Å². The molecule has 1 spiro atoms. The Balaban J connectivity index is 1.50. The fourth-order valence-corrected chi connectivity index (χ4v) is 4.95. The Morgan fingerprint density at radius 3 is 2.78 bits per heavy atom. The van der Waals surface area contributed by atoms with Crippen LogP contribution in [0, 0.1) is 6.92 Å². The zero-order valence-electron chi connectivity index (χ0n) is 15.3. The van der Waals surface area contributed by atoms with Gasteiger partial charge in [-0.05, 0) is 37.1 Å². The predicted molar refractivity (Wildman–Crippen MR) is 100.0 cm³/mol. The SMILES string of the molecule is Cc1ccc(CNC(=O)[C@H]2C[C@@]3(CO2)CN(S(C)(=O)=O)c2ccccc23)o1. The van der Waals surface area contributed by atoms with Crippen LogP contribution in [0.5, 0.6) is 0 Å². The first-order valence-corrected chi connectivity index (χ1v) is 10.7. The van der Waals surface area contributed by atoms with Gasteiger partial charge in [-0.15, -0.1) is 0 Å². The minimum atomic E-state index is -3.40. The van der Waals surface area contributed by atoms with Gasteiger partial charge in [0.05, 0.1) is 25.1 Å². The molecule has 2 aliphatic heterocycles. The molecule has 2 aliphatic rings. The van der Waals surface area contributed by atoms with Gasteiger partial charge in [0, 0.05) is 12.0 Å². The topological polar surface area (TPSA) is 88.9 Å². The fourth-order valence-electron chi connectivity index (χ4n) is 3.95. The van der Waals surface area contributed by atoms with Gasteiger partial charge in [0.25, 0.3) is 0 Å². The largest absolute Gasteiger partial charge is 0.465 e. The number of carbonyl (C=O) groups excluding carboxylic acids is 1. The molecule has 1 N–H and O–H groups in total. The van der Waals surface area contributed by atoms with Crippen LogP contribution >= 0.6 is 0 Å². The molecule has 8 heteroatoms. The highest BCUT2D eigenvalue weighted by atomic mass is 32.2. The number of benzene rings is 1. The Bertz CT molecular complexity index is 983. The van der Waals surface area contributed by atoms with Gasteiger partial charge >= 0.3 is 0 Å². The molecule has 1 aromatic heterocycles. The van der Waals surface area contributed by atoms with Crippen molar-refractivity contribution in [3.63, 3.8) is 0 Å². The molecule has 0 bridgehead atoms. The molecule has 2 atom stereocenters. The van der Waals surface area contributed by atoms with E-state index in [4.69, 9.17) is 9.15 Å². The van der Waals surface area contributed by atoms with Gasteiger partial charge < -0.3 is 14.5 Å². The van der Waals surface area contributed by atoms with Crippen LogP contribution in [-0.4, -0.2) is 39.8 Å². The number of ether oxygens (including phenoxy) is 1. The monoisotopic (exact) mass is 390 g/mol. The van der Waals surface area contributed by atoms with Crippen LogP contribution in [0.25, 0.3) is 0 Å². The third kappa shape index (κ3) is 3.23. The smallest absolute Gasteiger partial charge is 0.249 e. The average Bonchev–Trinajstić information content (AvgIpc) is 3.32. The van der Waals surface area contributed by atoms with Crippen molar-refractivity contribution >= 4 is 21.6 Å². The maximum Gasteiger partial charge on any atom is 0.249 e. The zero-order valence-corrected chi connectivity index (χ0v) is 16.1. The van der Waals surface area contributed by atoms with E-state index in [1.54, 1.807) is 6.07 Å². The summed E-state index contributed by atoms with van der Waals surface area (Å²) in [5.74, 6) is 1.26. The van der Waals surface area contributed by atoms with E-state index in [0.29, 0.717) is 37.6 Å². The molecule has 7 nitrogen and oxygen atoms in total. The lowest BCUT2D eigenvalue weighted by Crippen LogP contribution is -2.38. The Kier molecular flexibility index (Phi) is 4.27. The molecule has 27 heavy (non-hydrogen) atoms. The summed E-state index contributed by atoms with van der Waals surface area (Å²) in [4.78, 5) is 12.5. The van der Waals surface area contributed by atoms with Crippen molar-refractivity contribution in [2.75, 3.05) is 23.7 Å². The van der Waals surface area contributed by atoms with Gasteiger partial charge in [-0.1, -0.05) is 18.2 Å². The molecule has 1 fully saturated rings. The van der Waals surface area contributed by atoms with Crippen LogP contribution in [0.15, 0.2) is 40.8 Å². The minimum Gasteiger partial charge on any atom is -0.465 e. The van der Waals surface area contributed by atoms with Crippen LogP contribution in [0.3, 0.4) is 0 Å². The number of aryl methyl sites for hydroxylation is 1. The van der Waals surface area contributed by atoms with Gasteiger partial charge in [0.15, 0.2) is 0 Å². The van der Waals surface area contributed by atoms with Crippen molar-refractivity contribution in [2.45, 2.75) is 31.4 Å². The second-order valence-corrected chi connectivity index (χ2v) is 9.21. The first-order valence-electron chi connectivity index (χ1n) is 8.80. The number of carbonyl (C=O) groups is 1. The number of rotatable bonds is 4. The van der Waals surface area contributed by atoms with Crippen molar-refractivity contribution < 1.29 is 22.4 Å². The molecular weight excluding hydrogens is 368 g/mol. The Hall–Kier alpha value is -2.32. The van der Waals surface area contributed by atoms with E-state index in [9.17, 15) is 13.2 Å². The summed E-state index contributed by atoms with van der Waals surface area (Å²) in [6, 6.07) is 11.1. The number of anilines is 1. The molecule has 1 amide bonds. The first kappa shape index (κ1) is 18.1. The van der Waals surface area contributed by atoms with Crippen molar-refractivity contribution in [1.82, 2.24) is 5.32 Å². The maximum atomic E-state index is 12.5. The van der Waals surface area contributed by atoms with Gasteiger partial charge in [0.2, 0.25) is 15.9 Å². The minimum absolute atomic E-state index is 0.212. The lowest BCUT2D eigenvalue weighted by atomic mass is 9.80. The molecule has 2 aromatic rings. The summed E-state index contributed by atoms with van der Waals surface area (Å²) in [6.45, 7) is 2.76. The molecule has 144 valence electrons. The number of amides is 1. The summed E-state index contributed by atoms with van der Waals surface area (Å²) < 4.78 is 37.1. The van der Waals surface area contributed by atoms with E-state index in [-0.39, 0.29) is 5.91 Å². The molecule has 0 unspecified atom stereocenters. The lowest BCUT2D eigenvalue weighted by Gasteiger charge is -2.23. The Labute approximate surface area is 158 Å². The molecule has 0 aliphatic carbocycles. The molecule has 0 saturated carbocycles. The van der Waals surface area contributed by atoms with Gasteiger partial charge in [0.1, 0.15) is 17.6 Å². The fraction of sp³-hybridized carbons (Fsp3) is 0.421. The number of fused-ring (bicyclic) bond motifs is 2. The third-order valence-corrected chi connectivity index (χ3v) is 6.38. The summed E-state index contributed by atoms with van der Waals surface area (Å²) in [6.07, 6.45) is 1.03. The van der Waals surface area contributed by atoms with E-state index >= 15 is 0 Å². The van der Waals surface area contributed by atoms with E-state index in [1.807, 2.05) is 37.3 Å². The van der Waals surface area contributed by atoms with Crippen molar-refractivity contribution in [3.05, 3.63) is 53.5 Å². The second kappa shape index (κ2) is 6.38. The number of furan rings is 1. The molecule has 3 heterocycles. The maximum absolute atomic E-state index is 12.5. The van der Waals surface area contributed by atoms with Gasteiger partial charge in [-0.2, -0.15) is 0 Å². The molecule has 4 rings (SSSR count). The summed E-state index contributed by atoms with van der Waals surface area (Å²) in [5.41, 5.74) is 1.10. The Morgan fingerprint density at radius 2 is 2.07 bits per heavy atom. The van der Waals surface area contributed by atoms with Crippen LogP contribution in [0.2, 0.25) is 0 Å². The number of nitrogens with zero attached hydrogens (tertiary/aromatic N) is 1. The van der Waals surface area contributed by atoms with Crippen molar-refractivity contribution in [1.29, 1.82) is 0 Å². The quantitative estimate of drug-likeness (QED) is 0.859. The molecule has 1 saturated heterocycles. The third-order valence-electron chi connectivity index (χ3n) is 5.25. The normalized spacial score (nSPS) is 24.4. The highest BCUT2D eigenvalue weighted by molar-refractivity contribution is 7.92. The van der Waals surface area contributed by atoms with Gasteiger partial charge in [-0.25, -0.2) is 8.42 Å². The number of para-hydroxylation sites is 1. The van der Waals surface area contributed by atoms with Crippen LogP contribution in [-0.2, 0) is 31.5 Å². The van der Waals surface area contributed by atoms with Crippen molar-refractivity contribution in [3.8, 4) is 0 Å². The lowest BCUT2D eigenvalue weighted by molar-refractivity contribution is -0.130. The summed E-state index contributed by atoms with van der Waals surface area (Å²) >= 11 is 0. The first-order chi connectivity index (χ1) is 12.8. The molecule has 1 aromatic carbocycles. The van der Waals surface area contributed by atoms with E-state index in [2.05, 4.69) is 5.32 Å². The molecular formula is C19H22N2O5S. The van der Waals surface area contributed by atoms with Gasteiger partial charge in [-0.3, -0.25) is 9.10 Å². The van der Waals surface area contributed by atoms with Crippen LogP contribution in [0.4, 0.5) is 5.69 Å². The highest BCUT2D eigenvalue weighted by Gasteiger charge is 2.52. The predicted octanol–water partition coefficient (Wildman–Crippen LogP) is 1.71. The number of hydrogen-bond donors (Lipinski definition) is 1. The van der Waals surface area contributed by atoms with E-state index in [0.717, 1.165) is 11.3 Å². The summed E-state index contributed by atoms with van der Waals surface area (Å²) in [7, 11) is -3.40. The number of hydrogen-bond acceptors (Lipinski definition) is 5.